The van der Waals surface area contributed by atoms with Gasteiger partial charge < -0.3 is 10.6 Å². The molecule has 1 rings (SSSR count). The largest absolute Gasteiger partial charge is 0.352 e. The van der Waals surface area contributed by atoms with Crippen LogP contribution in [0.3, 0.4) is 0 Å². The van der Waals surface area contributed by atoms with Crippen LogP contribution in [0.2, 0.25) is 0 Å². The van der Waals surface area contributed by atoms with Crippen molar-refractivity contribution in [2.75, 3.05) is 0 Å². The standard InChI is InChI=1S/C16H32N2O/c1-6-14(7-2)18-16(19)13(5)17-15-9-8-11(3)10-12(15)4/h11-15,17H,6-10H2,1-5H3,(H,18,19). The maximum Gasteiger partial charge on any atom is 0.237 e. The smallest absolute Gasteiger partial charge is 0.237 e. The van der Waals surface area contributed by atoms with Crippen LogP contribution in [-0.4, -0.2) is 24.0 Å². The van der Waals surface area contributed by atoms with Gasteiger partial charge in [0, 0.05) is 12.1 Å². The zero-order valence-corrected chi connectivity index (χ0v) is 13.3. The number of hydrogen-bond donors (Lipinski definition) is 2. The Morgan fingerprint density at radius 2 is 1.84 bits per heavy atom. The van der Waals surface area contributed by atoms with Gasteiger partial charge in [-0.3, -0.25) is 4.79 Å². The molecule has 0 radical (unpaired) electrons. The van der Waals surface area contributed by atoms with Crippen LogP contribution in [0, 0.1) is 11.8 Å². The van der Waals surface area contributed by atoms with Gasteiger partial charge in [-0.15, -0.1) is 0 Å². The van der Waals surface area contributed by atoms with Crippen LogP contribution in [-0.2, 0) is 4.79 Å². The summed E-state index contributed by atoms with van der Waals surface area (Å²) >= 11 is 0. The number of nitrogens with one attached hydrogen (secondary N) is 2. The number of carbonyl (C=O) groups is 1. The molecule has 3 nitrogen and oxygen atoms in total. The number of carbonyl (C=O) groups excluding carboxylic acids is 1. The van der Waals surface area contributed by atoms with E-state index in [1.165, 1.54) is 19.3 Å². The van der Waals surface area contributed by atoms with Crippen molar-refractivity contribution in [1.82, 2.24) is 10.6 Å². The van der Waals surface area contributed by atoms with E-state index < -0.39 is 0 Å². The molecule has 2 N–H and O–H groups in total. The minimum atomic E-state index is -0.0820. The van der Waals surface area contributed by atoms with Gasteiger partial charge in [0.15, 0.2) is 0 Å². The van der Waals surface area contributed by atoms with E-state index in [0.717, 1.165) is 18.8 Å². The molecule has 4 atom stereocenters. The molecule has 1 fully saturated rings. The predicted molar refractivity (Wildman–Crippen MR) is 81.1 cm³/mol. The Morgan fingerprint density at radius 1 is 1.21 bits per heavy atom. The third-order valence-corrected chi connectivity index (χ3v) is 4.62. The van der Waals surface area contributed by atoms with Gasteiger partial charge in [0.25, 0.3) is 0 Å². The van der Waals surface area contributed by atoms with Crippen molar-refractivity contribution in [2.45, 2.75) is 84.8 Å². The molecule has 0 aromatic carbocycles. The molecule has 0 aromatic heterocycles. The van der Waals surface area contributed by atoms with E-state index in [2.05, 4.69) is 38.3 Å². The molecule has 112 valence electrons. The van der Waals surface area contributed by atoms with Crippen molar-refractivity contribution >= 4 is 5.91 Å². The molecule has 1 amide bonds. The number of amides is 1. The fraction of sp³-hybridized carbons (Fsp3) is 0.938. The first-order valence-electron chi connectivity index (χ1n) is 8.04. The lowest BCUT2D eigenvalue weighted by atomic mass is 9.79. The lowest BCUT2D eigenvalue weighted by Crippen LogP contribution is -2.51. The molecule has 4 unspecified atom stereocenters. The first-order chi connectivity index (χ1) is 8.97. The molecule has 19 heavy (non-hydrogen) atoms. The summed E-state index contributed by atoms with van der Waals surface area (Å²) in [5, 5.41) is 6.66. The fourth-order valence-corrected chi connectivity index (χ4v) is 3.13. The Balaban J connectivity index is 2.41. The van der Waals surface area contributed by atoms with Gasteiger partial charge in [-0.25, -0.2) is 0 Å². The van der Waals surface area contributed by atoms with Gasteiger partial charge in [-0.05, 0) is 50.9 Å². The van der Waals surface area contributed by atoms with Gasteiger partial charge in [0.1, 0.15) is 0 Å². The lowest BCUT2D eigenvalue weighted by molar-refractivity contribution is -0.123. The van der Waals surface area contributed by atoms with E-state index in [-0.39, 0.29) is 11.9 Å². The maximum atomic E-state index is 12.1. The van der Waals surface area contributed by atoms with Crippen LogP contribution in [0.1, 0.15) is 66.7 Å². The van der Waals surface area contributed by atoms with Crippen molar-refractivity contribution in [3.8, 4) is 0 Å². The molecule has 0 aliphatic heterocycles. The molecule has 1 aliphatic rings. The normalized spacial score (nSPS) is 29.3. The highest BCUT2D eigenvalue weighted by atomic mass is 16.2. The van der Waals surface area contributed by atoms with Crippen molar-refractivity contribution in [3.05, 3.63) is 0 Å². The summed E-state index contributed by atoms with van der Waals surface area (Å²) in [6.45, 7) is 10.9. The Bertz CT molecular complexity index is 276. The van der Waals surface area contributed by atoms with Crippen LogP contribution < -0.4 is 10.6 Å². The summed E-state index contributed by atoms with van der Waals surface area (Å²) in [4.78, 5) is 12.1. The molecule has 0 aromatic rings. The second kappa shape index (κ2) is 7.88. The Labute approximate surface area is 118 Å². The molecule has 0 saturated heterocycles. The third kappa shape index (κ3) is 5.13. The first kappa shape index (κ1) is 16.5. The van der Waals surface area contributed by atoms with Gasteiger partial charge in [-0.2, -0.15) is 0 Å². The van der Waals surface area contributed by atoms with Crippen LogP contribution in [0.25, 0.3) is 0 Å². The average molecular weight is 268 g/mol. The predicted octanol–water partition coefficient (Wildman–Crippen LogP) is 3.09. The summed E-state index contributed by atoms with van der Waals surface area (Å²) in [6.07, 6.45) is 5.77. The van der Waals surface area contributed by atoms with E-state index in [0.29, 0.717) is 18.0 Å². The third-order valence-electron chi connectivity index (χ3n) is 4.62. The molecule has 3 heteroatoms. The fourth-order valence-electron chi connectivity index (χ4n) is 3.13. The number of rotatable bonds is 6. The topological polar surface area (TPSA) is 41.1 Å². The SMILES string of the molecule is CCC(CC)NC(=O)C(C)NC1CCC(C)CC1C. The highest BCUT2D eigenvalue weighted by molar-refractivity contribution is 5.81. The van der Waals surface area contributed by atoms with E-state index in [4.69, 9.17) is 0 Å². The molecule has 0 bridgehead atoms. The maximum absolute atomic E-state index is 12.1. The first-order valence-corrected chi connectivity index (χ1v) is 8.04. The second-order valence-electron chi connectivity index (χ2n) is 6.41. The Kier molecular flexibility index (Phi) is 6.84. The Hall–Kier alpha value is -0.570. The van der Waals surface area contributed by atoms with Crippen molar-refractivity contribution < 1.29 is 4.79 Å². The average Bonchev–Trinajstić information content (AvgIpc) is 2.38. The molecular formula is C16H32N2O. The minimum Gasteiger partial charge on any atom is -0.352 e. The van der Waals surface area contributed by atoms with Crippen LogP contribution in [0.15, 0.2) is 0 Å². The Morgan fingerprint density at radius 3 is 2.37 bits per heavy atom. The van der Waals surface area contributed by atoms with E-state index in [1.807, 2.05) is 6.92 Å². The van der Waals surface area contributed by atoms with Crippen LogP contribution in [0.5, 0.6) is 0 Å². The summed E-state index contributed by atoms with van der Waals surface area (Å²) in [5.41, 5.74) is 0. The summed E-state index contributed by atoms with van der Waals surface area (Å²) in [6, 6.07) is 0.737. The lowest BCUT2D eigenvalue weighted by Gasteiger charge is -2.35. The molecule has 1 saturated carbocycles. The van der Waals surface area contributed by atoms with E-state index in [1.54, 1.807) is 0 Å². The highest BCUT2D eigenvalue weighted by Gasteiger charge is 2.28. The van der Waals surface area contributed by atoms with Gasteiger partial charge in [0.05, 0.1) is 6.04 Å². The van der Waals surface area contributed by atoms with Crippen molar-refractivity contribution in [1.29, 1.82) is 0 Å². The monoisotopic (exact) mass is 268 g/mol. The van der Waals surface area contributed by atoms with E-state index >= 15 is 0 Å². The molecular weight excluding hydrogens is 236 g/mol. The van der Waals surface area contributed by atoms with Gasteiger partial charge in [0.2, 0.25) is 5.91 Å². The zero-order valence-electron chi connectivity index (χ0n) is 13.3. The second-order valence-corrected chi connectivity index (χ2v) is 6.41. The van der Waals surface area contributed by atoms with Crippen LogP contribution in [0.4, 0.5) is 0 Å². The molecule has 0 heterocycles. The van der Waals surface area contributed by atoms with Crippen LogP contribution >= 0.6 is 0 Å². The highest BCUT2D eigenvalue weighted by Crippen LogP contribution is 2.28. The number of hydrogen-bond acceptors (Lipinski definition) is 2. The van der Waals surface area contributed by atoms with Crippen molar-refractivity contribution in [2.24, 2.45) is 11.8 Å². The van der Waals surface area contributed by atoms with Crippen molar-refractivity contribution in [3.63, 3.8) is 0 Å². The quantitative estimate of drug-likeness (QED) is 0.777. The molecule has 1 aliphatic carbocycles. The van der Waals surface area contributed by atoms with Gasteiger partial charge >= 0.3 is 0 Å². The molecule has 0 spiro atoms. The summed E-state index contributed by atoms with van der Waals surface area (Å²) in [7, 11) is 0. The summed E-state index contributed by atoms with van der Waals surface area (Å²) < 4.78 is 0. The van der Waals surface area contributed by atoms with E-state index in [9.17, 15) is 4.79 Å². The summed E-state index contributed by atoms with van der Waals surface area (Å²) in [5.74, 6) is 1.66. The van der Waals surface area contributed by atoms with Gasteiger partial charge in [-0.1, -0.05) is 27.7 Å². The zero-order chi connectivity index (χ0) is 14.4. The minimum absolute atomic E-state index is 0.0820.